The van der Waals surface area contributed by atoms with Crippen molar-refractivity contribution in [2.75, 3.05) is 13.1 Å². The number of imidazole rings is 1. The number of hydrogen-bond donors (Lipinski definition) is 2. The third-order valence-electron chi connectivity index (χ3n) is 5.64. The van der Waals surface area contributed by atoms with Gasteiger partial charge in [-0.1, -0.05) is 23.4 Å². The molecule has 174 valence electrons. The van der Waals surface area contributed by atoms with Gasteiger partial charge in [0, 0.05) is 22.6 Å². The first-order chi connectivity index (χ1) is 17.3. The average Bonchev–Trinajstić information content (AvgIpc) is 3.68. The summed E-state index contributed by atoms with van der Waals surface area (Å²) in [6.07, 6.45) is 1.92. The van der Waals surface area contributed by atoms with Crippen LogP contribution in [0.15, 0.2) is 88.9 Å². The van der Waals surface area contributed by atoms with E-state index in [0.717, 1.165) is 58.4 Å². The van der Waals surface area contributed by atoms with Crippen LogP contribution in [-0.4, -0.2) is 43.9 Å². The molecule has 0 bridgehead atoms. The maximum Gasteiger partial charge on any atom is 0.138 e. The topological polar surface area (TPSA) is 93.0 Å². The second kappa shape index (κ2) is 9.63. The first-order valence-corrected chi connectivity index (χ1v) is 12.4. The van der Waals surface area contributed by atoms with Crippen LogP contribution in [0.1, 0.15) is 11.3 Å². The molecule has 3 heterocycles. The Morgan fingerprint density at radius 3 is 2.66 bits per heavy atom. The summed E-state index contributed by atoms with van der Waals surface area (Å²) in [5.74, 6) is 3.24. The van der Waals surface area contributed by atoms with Crippen molar-refractivity contribution < 1.29 is 4.74 Å². The highest BCUT2D eigenvalue weighted by Gasteiger charge is 2.11. The van der Waals surface area contributed by atoms with Gasteiger partial charge < -0.3 is 15.0 Å². The SMILES string of the molecule is c1ccc(SCn2cc(COc3ccc(-c4nc5ccc(C6=NCCN6)cc5[nH]4)cc3)nn2)cc1. The normalized spacial score (nSPS) is 13.1. The molecule has 0 radical (unpaired) electrons. The highest BCUT2D eigenvalue weighted by molar-refractivity contribution is 7.98. The Bertz CT molecular complexity index is 1470. The van der Waals surface area contributed by atoms with E-state index < -0.39 is 0 Å². The summed E-state index contributed by atoms with van der Waals surface area (Å²) in [5, 5.41) is 11.7. The quantitative estimate of drug-likeness (QED) is 0.317. The van der Waals surface area contributed by atoms with Gasteiger partial charge in [-0.25, -0.2) is 9.67 Å². The van der Waals surface area contributed by atoms with Crippen molar-refractivity contribution in [1.29, 1.82) is 0 Å². The summed E-state index contributed by atoms with van der Waals surface area (Å²) in [7, 11) is 0. The number of H-pyrrole nitrogens is 1. The summed E-state index contributed by atoms with van der Waals surface area (Å²) in [4.78, 5) is 13.9. The number of benzene rings is 3. The van der Waals surface area contributed by atoms with E-state index in [0.29, 0.717) is 12.5 Å². The van der Waals surface area contributed by atoms with Crippen molar-refractivity contribution in [3.05, 3.63) is 90.3 Å². The van der Waals surface area contributed by atoms with E-state index in [-0.39, 0.29) is 0 Å². The van der Waals surface area contributed by atoms with Crippen LogP contribution in [0.4, 0.5) is 0 Å². The summed E-state index contributed by atoms with van der Waals surface area (Å²) < 4.78 is 7.74. The second-order valence-electron chi connectivity index (χ2n) is 8.12. The fraction of sp³-hybridized carbons (Fsp3) is 0.154. The highest BCUT2D eigenvalue weighted by Crippen LogP contribution is 2.24. The lowest BCUT2D eigenvalue weighted by Crippen LogP contribution is -2.19. The Balaban J connectivity index is 1.08. The molecule has 6 rings (SSSR count). The smallest absolute Gasteiger partial charge is 0.138 e. The third-order valence-corrected chi connectivity index (χ3v) is 6.64. The molecule has 1 aliphatic rings. The Morgan fingerprint density at radius 2 is 1.83 bits per heavy atom. The zero-order valence-corrected chi connectivity index (χ0v) is 19.7. The molecule has 8 nitrogen and oxygen atoms in total. The lowest BCUT2D eigenvalue weighted by molar-refractivity contribution is 0.301. The van der Waals surface area contributed by atoms with Gasteiger partial charge in [0.15, 0.2) is 0 Å². The zero-order valence-electron chi connectivity index (χ0n) is 18.9. The molecule has 0 aliphatic carbocycles. The molecule has 2 aromatic heterocycles. The lowest BCUT2D eigenvalue weighted by atomic mass is 10.2. The van der Waals surface area contributed by atoms with E-state index in [1.165, 1.54) is 4.90 Å². The molecule has 0 fully saturated rings. The molecule has 0 unspecified atom stereocenters. The summed E-state index contributed by atoms with van der Waals surface area (Å²) in [5.41, 5.74) is 4.77. The number of thioether (sulfide) groups is 1. The number of ether oxygens (including phenoxy) is 1. The number of fused-ring (bicyclic) bond motifs is 1. The van der Waals surface area contributed by atoms with Crippen molar-refractivity contribution in [1.82, 2.24) is 30.3 Å². The second-order valence-corrected chi connectivity index (χ2v) is 9.14. The predicted molar refractivity (Wildman–Crippen MR) is 138 cm³/mol. The molecule has 0 atom stereocenters. The summed E-state index contributed by atoms with van der Waals surface area (Å²) in [6, 6.07) is 24.3. The largest absolute Gasteiger partial charge is 0.487 e. The van der Waals surface area contributed by atoms with Gasteiger partial charge in [-0.2, -0.15) is 0 Å². The molecule has 0 spiro atoms. The van der Waals surface area contributed by atoms with Crippen molar-refractivity contribution in [2.24, 2.45) is 4.99 Å². The molecule has 0 amide bonds. The number of amidine groups is 1. The van der Waals surface area contributed by atoms with E-state index in [1.54, 1.807) is 11.8 Å². The molecular weight excluding hydrogens is 458 g/mol. The fourth-order valence-electron chi connectivity index (χ4n) is 3.88. The van der Waals surface area contributed by atoms with Crippen molar-refractivity contribution in [3.63, 3.8) is 0 Å². The molecule has 35 heavy (non-hydrogen) atoms. The molecule has 0 saturated carbocycles. The summed E-state index contributed by atoms with van der Waals surface area (Å²) in [6.45, 7) is 2.07. The Hall–Kier alpha value is -4.11. The van der Waals surface area contributed by atoms with Gasteiger partial charge in [0.25, 0.3) is 0 Å². The third kappa shape index (κ3) is 4.90. The van der Waals surface area contributed by atoms with Gasteiger partial charge in [-0.3, -0.25) is 4.99 Å². The van der Waals surface area contributed by atoms with Crippen LogP contribution in [0.2, 0.25) is 0 Å². The number of aromatic nitrogens is 5. The van der Waals surface area contributed by atoms with Crippen molar-refractivity contribution in [2.45, 2.75) is 17.4 Å². The van der Waals surface area contributed by atoms with Gasteiger partial charge in [0.05, 0.1) is 29.7 Å². The fourth-order valence-corrected chi connectivity index (χ4v) is 4.63. The van der Waals surface area contributed by atoms with E-state index in [2.05, 4.69) is 49.9 Å². The maximum absolute atomic E-state index is 5.92. The Labute approximate surface area is 206 Å². The van der Waals surface area contributed by atoms with Crippen LogP contribution in [0.3, 0.4) is 0 Å². The molecule has 1 aliphatic heterocycles. The Kier molecular flexibility index (Phi) is 5.90. The van der Waals surface area contributed by atoms with E-state index in [9.17, 15) is 0 Å². The number of aliphatic imine (C=N–C) groups is 1. The van der Waals surface area contributed by atoms with Crippen molar-refractivity contribution in [3.8, 4) is 17.1 Å². The van der Waals surface area contributed by atoms with Gasteiger partial charge >= 0.3 is 0 Å². The van der Waals surface area contributed by atoms with Gasteiger partial charge in [-0.05, 0) is 54.6 Å². The average molecular weight is 482 g/mol. The van der Waals surface area contributed by atoms with Crippen molar-refractivity contribution >= 4 is 28.6 Å². The minimum absolute atomic E-state index is 0.362. The zero-order chi connectivity index (χ0) is 23.5. The van der Waals surface area contributed by atoms with E-state index in [4.69, 9.17) is 9.72 Å². The lowest BCUT2D eigenvalue weighted by Gasteiger charge is -2.04. The van der Waals surface area contributed by atoms with Crippen LogP contribution < -0.4 is 10.1 Å². The number of hydrogen-bond acceptors (Lipinski definition) is 7. The standard InChI is InChI=1S/C26H23N7OS/c1-2-4-22(5-3-1)35-17-33-15-20(31-32-33)16-34-21-9-6-18(7-10-21)26-29-23-11-8-19(14-24(23)30-26)25-27-12-13-28-25/h1-11,14-15H,12-13,16-17H2,(H,27,28)(H,29,30). The molecule has 9 heteroatoms. The van der Waals surface area contributed by atoms with Crippen LogP contribution in [0.25, 0.3) is 22.4 Å². The molecular formula is C26H23N7OS. The molecule has 3 aromatic carbocycles. The Morgan fingerprint density at radius 1 is 0.971 bits per heavy atom. The predicted octanol–water partition coefficient (Wildman–Crippen LogP) is 4.50. The number of nitrogens with one attached hydrogen (secondary N) is 2. The van der Waals surface area contributed by atoms with Gasteiger partial charge in [0.1, 0.15) is 29.7 Å². The maximum atomic E-state index is 5.92. The van der Waals surface area contributed by atoms with E-state index in [1.807, 2.05) is 59.4 Å². The molecule has 5 aromatic rings. The number of aromatic amines is 1. The van der Waals surface area contributed by atoms with Gasteiger partial charge in [-0.15, -0.1) is 16.9 Å². The first kappa shape index (κ1) is 21.4. The van der Waals surface area contributed by atoms with Gasteiger partial charge in [0.2, 0.25) is 0 Å². The van der Waals surface area contributed by atoms with Crippen LogP contribution >= 0.6 is 11.8 Å². The van der Waals surface area contributed by atoms with Crippen LogP contribution in [0.5, 0.6) is 5.75 Å². The molecule has 0 saturated heterocycles. The summed E-state index contributed by atoms with van der Waals surface area (Å²) >= 11 is 1.71. The van der Waals surface area contributed by atoms with Crippen LogP contribution in [-0.2, 0) is 12.5 Å². The first-order valence-electron chi connectivity index (χ1n) is 11.4. The monoisotopic (exact) mass is 481 g/mol. The minimum Gasteiger partial charge on any atom is -0.487 e. The van der Waals surface area contributed by atoms with E-state index >= 15 is 0 Å². The number of nitrogens with zero attached hydrogens (tertiary/aromatic N) is 5. The highest BCUT2D eigenvalue weighted by atomic mass is 32.2. The van der Waals surface area contributed by atoms with Crippen LogP contribution in [0, 0.1) is 0 Å². The number of rotatable bonds is 8. The minimum atomic E-state index is 0.362. The molecule has 2 N–H and O–H groups in total.